The van der Waals surface area contributed by atoms with Crippen molar-refractivity contribution in [3.63, 3.8) is 0 Å². The third-order valence-corrected chi connectivity index (χ3v) is 2.79. The summed E-state index contributed by atoms with van der Waals surface area (Å²) in [4.78, 5) is 15.1. The molecule has 5 heteroatoms. The van der Waals surface area contributed by atoms with Crippen LogP contribution in [0.2, 0.25) is 0 Å². The van der Waals surface area contributed by atoms with Crippen LogP contribution in [0.3, 0.4) is 0 Å². The van der Waals surface area contributed by atoms with Crippen LogP contribution >= 0.6 is 0 Å². The smallest absolute Gasteiger partial charge is 0.241 e. The number of likely N-dealkylation sites (N-methyl/N-ethyl adjacent to an activating group) is 2. The van der Waals surface area contributed by atoms with Gasteiger partial charge in [0.25, 0.3) is 0 Å². The minimum atomic E-state index is 0.0294. The molecule has 0 radical (unpaired) electrons. The number of nitrogens with zero attached hydrogens (tertiary/aromatic N) is 2. The number of hydrogen-bond donors (Lipinski definition) is 1. The van der Waals surface area contributed by atoms with Crippen LogP contribution in [-0.2, 0) is 4.79 Å². The fourth-order valence-electron chi connectivity index (χ4n) is 1.63. The molecule has 0 unspecified atom stereocenters. The van der Waals surface area contributed by atoms with Gasteiger partial charge in [0, 0.05) is 21.1 Å². The number of carbonyl (C=O) groups is 1. The first-order valence-electron chi connectivity index (χ1n) is 6.40. The van der Waals surface area contributed by atoms with Gasteiger partial charge in [-0.15, -0.1) is 0 Å². The molecule has 1 rings (SSSR count). The van der Waals surface area contributed by atoms with Crippen molar-refractivity contribution < 1.29 is 9.53 Å². The van der Waals surface area contributed by atoms with Gasteiger partial charge in [-0.1, -0.05) is 13.0 Å². The van der Waals surface area contributed by atoms with Gasteiger partial charge in [0.05, 0.1) is 24.5 Å². The molecular formula is C14H23N3O2. The van der Waals surface area contributed by atoms with Crippen LogP contribution in [0.15, 0.2) is 18.2 Å². The Labute approximate surface area is 114 Å². The van der Waals surface area contributed by atoms with E-state index in [9.17, 15) is 4.79 Å². The van der Waals surface area contributed by atoms with Crippen molar-refractivity contribution in [3.8, 4) is 5.75 Å². The lowest BCUT2D eigenvalue weighted by atomic mass is 10.2. The van der Waals surface area contributed by atoms with Crippen LogP contribution in [0.25, 0.3) is 0 Å². The molecule has 0 spiro atoms. The van der Waals surface area contributed by atoms with Gasteiger partial charge >= 0.3 is 0 Å². The van der Waals surface area contributed by atoms with E-state index in [1.165, 1.54) is 0 Å². The SMILES string of the molecule is CCCOc1cccc(N(C)CC(=O)N(C)C)c1N. The summed E-state index contributed by atoms with van der Waals surface area (Å²) >= 11 is 0. The van der Waals surface area contributed by atoms with E-state index in [2.05, 4.69) is 0 Å². The van der Waals surface area contributed by atoms with Gasteiger partial charge in [-0.25, -0.2) is 0 Å². The highest BCUT2D eigenvalue weighted by Gasteiger charge is 2.13. The molecule has 19 heavy (non-hydrogen) atoms. The number of para-hydroxylation sites is 1. The minimum Gasteiger partial charge on any atom is -0.491 e. The standard InChI is InChI=1S/C14H23N3O2/c1-5-9-19-12-8-6-7-11(14(12)15)17(4)10-13(18)16(2)3/h6-8H,5,9-10,15H2,1-4H3. The molecule has 0 bridgehead atoms. The lowest BCUT2D eigenvalue weighted by Crippen LogP contribution is -2.34. The molecule has 0 atom stereocenters. The van der Waals surface area contributed by atoms with Gasteiger partial charge in [-0.3, -0.25) is 4.79 Å². The van der Waals surface area contributed by atoms with Gasteiger partial charge in [0.1, 0.15) is 5.75 Å². The van der Waals surface area contributed by atoms with E-state index in [1.54, 1.807) is 19.0 Å². The first-order chi connectivity index (χ1) is 8.97. The Bertz CT molecular complexity index is 433. The van der Waals surface area contributed by atoms with Crippen molar-refractivity contribution in [2.75, 3.05) is 44.9 Å². The molecule has 0 aromatic heterocycles. The summed E-state index contributed by atoms with van der Waals surface area (Å²) in [6, 6.07) is 5.61. The van der Waals surface area contributed by atoms with Crippen LogP contribution < -0.4 is 15.4 Å². The molecule has 0 aliphatic carbocycles. The average Bonchev–Trinajstić information content (AvgIpc) is 2.37. The van der Waals surface area contributed by atoms with Crippen molar-refractivity contribution in [3.05, 3.63) is 18.2 Å². The second-order valence-electron chi connectivity index (χ2n) is 4.68. The van der Waals surface area contributed by atoms with Gasteiger partial charge in [0.15, 0.2) is 0 Å². The van der Waals surface area contributed by atoms with Crippen LogP contribution in [0.1, 0.15) is 13.3 Å². The molecule has 1 amide bonds. The maximum absolute atomic E-state index is 11.7. The second-order valence-corrected chi connectivity index (χ2v) is 4.68. The minimum absolute atomic E-state index is 0.0294. The van der Waals surface area contributed by atoms with Crippen LogP contribution in [0.5, 0.6) is 5.75 Å². The van der Waals surface area contributed by atoms with Crippen molar-refractivity contribution in [1.29, 1.82) is 0 Å². The summed E-state index contributed by atoms with van der Waals surface area (Å²) < 4.78 is 5.58. The molecule has 0 saturated heterocycles. The molecule has 0 aliphatic rings. The number of carbonyl (C=O) groups excluding carboxylic acids is 1. The summed E-state index contributed by atoms with van der Waals surface area (Å²) in [5.41, 5.74) is 7.47. The number of amides is 1. The molecule has 2 N–H and O–H groups in total. The third kappa shape index (κ3) is 4.05. The number of rotatable bonds is 6. The van der Waals surface area contributed by atoms with Crippen molar-refractivity contribution in [1.82, 2.24) is 4.90 Å². The molecule has 1 aromatic carbocycles. The molecular weight excluding hydrogens is 242 g/mol. The molecule has 0 saturated carbocycles. The Morgan fingerprint density at radius 1 is 1.32 bits per heavy atom. The number of ether oxygens (including phenoxy) is 1. The van der Waals surface area contributed by atoms with E-state index in [-0.39, 0.29) is 12.5 Å². The highest BCUT2D eigenvalue weighted by molar-refractivity contribution is 5.83. The first-order valence-corrected chi connectivity index (χ1v) is 6.40. The van der Waals surface area contributed by atoms with E-state index in [0.29, 0.717) is 18.0 Å². The summed E-state index contributed by atoms with van der Waals surface area (Å²) in [5.74, 6) is 0.699. The maximum Gasteiger partial charge on any atom is 0.241 e. The zero-order chi connectivity index (χ0) is 14.4. The van der Waals surface area contributed by atoms with E-state index in [1.807, 2.05) is 37.1 Å². The molecule has 106 valence electrons. The summed E-state index contributed by atoms with van der Waals surface area (Å²) in [6.07, 6.45) is 0.929. The Morgan fingerprint density at radius 3 is 2.58 bits per heavy atom. The zero-order valence-corrected chi connectivity index (χ0v) is 12.1. The molecule has 0 heterocycles. The fraction of sp³-hybridized carbons (Fsp3) is 0.500. The van der Waals surface area contributed by atoms with E-state index in [4.69, 9.17) is 10.5 Å². The monoisotopic (exact) mass is 265 g/mol. The van der Waals surface area contributed by atoms with Gasteiger partial charge in [-0.05, 0) is 18.6 Å². The molecule has 5 nitrogen and oxygen atoms in total. The zero-order valence-electron chi connectivity index (χ0n) is 12.1. The summed E-state index contributed by atoms with van der Waals surface area (Å²) in [5, 5.41) is 0. The lowest BCUT2D eigenvalue weighted by molar-refractivity contribution is -0.127. The first kappa shape index (κ1) is 15.1. The van der Waals surface area contributed by atoms with Gasteiger partial charge in [-0.2, -0.15) is 0 Å². The van der Waals surface area contributed by atoms with Crippen molar-refractivity contribution >= 4 is 17.3 Å². The quantitative estimate of drug-likeness (QED) is 0.793. The average molecular weight is 265 g/mol. The highest BCUT2D eigenvalue weighted by atomic mass is 16.5. The predicted octanol–water partition coefficient (Wildman–Crippen LogP) is 1.58. The van der Waals surface area contributed by atoms with Crippen LogP contribution in [0, 0.1) is 0 Å². The van der Waals surface area contributed by atoms with Gasteiger partial charge < -0.3 is 20.3 Å². The van der Waals surface area contributed by atoms with E-state index >= 15 is 0 Å². The normalized spacial score (nSPS) is 10.1. The lowest BCUT2D eigenvalue weighted by Gasteiger charge is -2.23. The Balaban J connectivity index is 2.85. The molecule has 1 aromatic rings. The highest BCUT2D eigenvalue weighted by Crippen LogP contribution is 2.31. The molecule has 0 aliphatic heterocycles. The Kier molecular flexibility index (Phi) is 5.48. The van der Waals surface area contributed by atoms with Crippen molar-refractivity contribution in [2.24, 2.45) is 0 Å². The number of hydrogen-bond acceptors (Lipinski definition) is 4. The number of benzene rings is 1. The topological polar surface area (TPSA) is 58.8 Å². The largest absolute Gasteiger partial charge is 0.491 e. The number of nitrogens with two attached hydrogens (primary N) is 1. The number of anilines is 2. The predicted molar refractivity (Wildman–Crippen MR) is 78.6 cm³/mol. The Morgan fingerprint density at radius 2 is 2.00 bits per heavy atom. The third-order valence-electron chi connectivity index (χ3n) is 2.79. The van der Waals surface area contributed by atoms with Gasteiger partial charge in [0.2, 0.25) is 5.91 Å². The molecule has 0 fully saturated rings. The van der Waals surface area contributed by atoms with E-state index in [0.717, 1.165) is 12.1 Å². The van der Waals surface area contributed by atoms with E-state index < -0.39 is 0 Å². The maximum atomic E-state index is 11.7. The summed E-state index contributed by atoms with van der Waals surface area (Å²) in [6.45, 7) is 2.96. The Hall–Kier alpha value is -1.91. The second kappa shape index (κ2) is 6.87. The van der Waals surface area contributed by atoms with Crippen LogP contribution in [0.4, 0.5) is 11.4 Å². The fourth-order valence-corrected chi connectivity index (χ4v) is 1.63. The summed E-state index contributed by atoms with van der Waals surface area (Å²) in [7, 11) is 5.32. The van der Waals surface area contributed by atoms with Crippen LogP contribution in [-0.4, -0.2) is 45.1 Å². The van der Waals surface area contributed by atoms with Crippen molar-refractivity contribution in [2.45, 2.75) is 13.3 Å². The number of nitrogen functional groups attached to an aromatic ring is 1.